The topological polar surface area (TPSA) is 93.5 Å². The number of carbonyl (C=O) groups excluding carboxylic acids is 1. The van der Waals surface area contributed by atoms with E-state index in [0.29, 0.717) is 12.2 Å². The van der Waals surface area contributed by atoms with Crippen LogP contribution in [0.4, 0.5) is 10.5 Å². The summed E-state index contributed by atoms with van der Waals surface area (Å²) < 4.78 is 6.76. The molecular formula is C14H17N3O4S. The van der Waals surface area contributed by atoms with Gasteiger partial charge in [-0.2, -0.15) is 5.10 Å². The lowest BCUT2D eigenvalue weighted by atomic mass is 10.2. The van der Waals surface area contributed by atoms with E-state index in [4.69, 9.17) is 9.84 Å². The molecule has 2 heterocycles. The SMILES string of the molecule is CC(C)(C)OC(=O)Nc1cnn(Cc2ccc(C(=O)O)s2)c1. The second kappa shape index (κ2) is 6.18. The van der Waals surface area contributed by atoms with E-state index in [1.165, 1.54) is 17.5 Å². The molecule has 0 unspecified atom stereocenters. The molecular weight excluding hydrogens is 306 g/mol. The van der Waals surface area contributed by atoms with Crippen molar-refractivity contribution in [1.29, 1.82) is 0 Å². The van der Waals surface area contributed by atoms with Crippen molar-refractivity contribution in [2.24, 2.45) is 0 Å². The molecule has 2 rings (SSSR count). The van der Waals surface area contributed by atoms with Crippen molar-refractivity contribution in [2.75, 3.05) is 5.32 Å². The van der Waals surface area contributed by atoms with Crippen LogP contribution in [0.1, 0.15) is 35.3 Å². The summed E-state index contributed by atoms with van der Waals surface area (Å²) in [5.41, 5.74) is -0.0474. The normalized spacial score (nSPS) is 11.2. The maximum absolute atomic E-state index is 11.6. The van der Waals surface area contributed by atoms with Gasteiger partial charge in [-0.05, 0) is 32.9 Å². The van der Waals surface area contributed by atoms with Crippen LogP contribution in [0.5, 0.6) is 0 Å². The van der Waals surface area contributed by atoms with Crippen molar-refractivity contribution in [2.45, 2.75) is 32.9 Å². The molecule has 1 amide bonds. The first kappa shape index (κ1) is 16.0. The van der Waals surface area contributed by atoms with E-state index < -0.39 is 17.7 Å². The van der Waals surface area contributed by atoms with Crippen molar-refractivity contribution in [3.63, 3.8) is 0 Å². The Morgan fingerprint density at radius 1 is 1.41 bits per heavy atom. The van der Waals surface area contributed by atoms with E-state index in [9.17, 15) is 9.59 Å². The van der Waals surface area contributed by atoms with Crippen LogP contribution >= 0.6 is 11.3 Å². The number of nitrogens with one attached hydrogen (secondary N) is 1. The number of amides is 1. The van der Waals surface area contributed by atoms with Gasteiger partial charge in [0.15, 0.2) is 0 Å². The van der Waals surface area contributed by atoms with Crippen LogP contribution in [0, 0.1) is 0 Å². The molecule has 2 N–H and O–H groups in total. The summed E-state index contributed by atoms with van der Waals surface area (Å²) in [6.07, 6.45) is 2.62. The Hall–Kier alpha value is -2.35. The molecule has 0 aliphatic rings. The number of carboxylic acid groups (broad SMARTS) is 1. The zero-order valence-electron chi connectivity index (χ0n) is 12.5. The maximum Gasteiger partial charge on any atom is 0.412 e. The lowest BCUT2D eigenvalue weighted by Gasteiger charge is -2.19. The van der Waals surface area contributed by atoms with Crippen LogP contribution in [0.3, 0.4) is 0 Å². The van der Waals surface area contributed by atoms with Gasteiger partial charge in [0, 0.05) is 11.1 Å². The highest BCUT2D eigenvalue weighted by molar-refractivity contribution is 7.13. The fourth-order valence-electron chi connectivity index (χ4n) is 1.67. The van der Waals surface area contributed by atoms with E-state index in [1.54, 1.807) is 43.8 Å². The molecule has 0 aliphatic heterocycles. The van der Waals surface area contributed by atoms with Gasteiger partial charge in [-0.1, -0.05) is 0 Å². The summed E-state index contributed by atoms with van der Waals surface area (Å²) in [6.45, 7) is 5.79. The fraction of sp³-hybridized carbons (Fsp3) is 0.357. The summed E-state index contributed by atoms with van der Waals surface area (Å²) in [6, 6.07) is 3.31. The number of thiophene rings is 1. The molecule has 7 nitrogen and oxygen atoms in total. The van der Waals surface area contributed by atoms with E-state index in [2.05, 4.69) is 10.4 Å². The molecule has 2 aromatic rings. The Kier molecular flexibility index (Phi) is 4.51. The Labute approximate surface area is 131 Å². The van der Waals surface area contributed by atoms with Crippen LogP contribution in [-0.4, -0.2) is 32.6 Å². The van der Waals surface area contributed by atoms with Crippen LogP contribution in [0.15, 0.2) is 24.5 Å². The number of hydrogen-bond donors (Lipinski definition) is 2. The predicted octanol–water partition coefficient (Wildman–Crippen LogP) is 3.04. The molecule has 0 radical (unpaired) electrons. The zero-order chi connectivity index (χ0) is 16.3. The van der Waals surface area contributed by atoms with Gasteiger partial charge in [-0.3, -0.25) is 10.00 Å². The van der Waals surface area contributed by atoms with Gasteiger partial charge in [0.2, 0.25) is 0 Å². The minimum absolute atomic E-state index is 0.286. The van der Waals surface area contributed by atoms with Crippen LogP contribution < -0.4 is 5.32 Å². The van der Waals surface area contributed by atoms with Crippen LogP contribution in [-0.2, 0) is 11.3 Å². The molecule has 118 valence electrons. The molecule has 0 saturated heterocycles. The van der Waals surface area contributed by atoms with Crippen molar-refractivity contribution in [3.8, 4) is 0 Å². The van der Waals surface area contributed by atoms with E-state index >= 15 is 0 Å². The summed E-state index contributed by atoms with van der Waals surface area (Å²) in [5, 5.41) is 15.6. The number of nitrogens with zero attached hydrogens (tertiary/aromatic N) is 2. The molecule has 2 aromatic heterocycles. The average molecular weight is 323 g/mol. The Bertz CT molecular complexity index is 684. The third-order valence-electron chi connectivity index (χ3n) is 2.47. The third-order valence-corrected chi connectivity index (χ3v) is 3.53. The second-order valence-corrected chi connectivity index (χ2v) is 6.79. The first-order valence-corrected chi connectivity index (χ1v) is 7.39. The molecule has 0 bridgehead atoms. The lowest BCUT2D eigenvalue weighted by Crippen LogP contribution is -2.27. The van der Waals surface area contributed by atoms with Gasteiger partial charge in [0.05, 0.1) is 18.4 Å². The second-order valence-electron chi connectivity index (χ2n) is 5.62. The molecule has 0 saturated carbocycles. The first-order valence-electron chi connectivity index (χ1n) is 6.57. The number of carboxylic acids is 1. The van der Waals surface area contributed by atoms with Gasteiger partial charge in [-0.25, -0.2) is 9.59 Å². The highest BCUT2D eigenvalue weighted by Gasteiger charge is 2.16. The molecule has 0 aliphatic carbocycles. The fourth-order valence-corrected chi connectivity index (χ4v) is 2.51. The summed E-state index contributed by atoms with van der Waals surface area (Å²) in [4.78, 5) is 23.6. The summed E-state index contributed by atoms with van der Waals surface area (Å²) in [7, 11) is 0. The van der Waals surface area contributed by atoms with Gasteiger partial charge in [-0.15, -0.1) is 11.3 Å². The summed E-state index contributed by atoms with van der Waals surface area (Å²) in [5.74, 6) is -0.941. The quantitative estimate of drug-likeness (QED) is 0.902. The van der Waals surface area contributed by atoms with Gasteiger partial charge >= 0.3 is 12.1 Å². The minimum atomic E-state index is -0.941. The number of aromatic carboxylic acids is 1. The van der Waals surface area contributed by atoms with Crippen molar-refractivity contribution in [3.05, 3.63) is 34.3 Å². The van der Waals surface area contributed by atoms with Gasteiger partial charge in [0.25, 0.3) is 0 Å². The van der Waals surface area contributed by atoms with Crippen molar-refractivity contribution >= 4 is 29.1 Å². The monoisotopic (exact) mass is 323 g/mol. The number of carbonyl (C=O) groups is 2. The summed E-state index contributed by atoms with van der Waals surface area (Å²) >= 11 is 1.19. The largest absolute Gasteiger partial charge is 0.477 e. The Morgan fingerprint density at radius 2 is 2.14 bits per heavy atom. The number of anilines is 1. The smallest absolute Gasteiger partial charge is 0.412 e. The highest BCUT2D eigenvalue weighted by atomic mass is 32.1. The number of ether oxygens (including phenoxy) is 1. The molecule has 0 fully saturated rings. The van der Waals surface area contributed by atoms with Crippen LogP contribution in [0.25, 0.3) is 0 Å². The van der Waals surface area contributed by atoms with E-state index in [0.717, 1.165) is 4.88 Å². The van der Waals surface area contributed by atoms with E-state index in [-0.39, 0.29) is 4.88 Å². The minimum Gasteiger partial charge on any atom is -0.477 e. The molecule has 0 aromatic carbocycles. The number of aromatic nitrogens is 2. The lowest BCUT2D eigenvalue weighted by molar-refractivity contribution is 0.0634. The van der Waals surface area contributed by atoms with Gasteiger partial charge < -0.3 is 9.84 Å². The molecule has 22 heavy (non-hydrogen) atoms. The third kappa shape index (κ3) is 4.59. The van der Waals surface area contributed by atoms with Crippen molar-refractivity contribution in [1.82, 2.24) is 9.78 Å². The molecule has 0 spiro atoms. The zero-order valence-corrected chi connectivity index (χ0v) is 13.3. The highest BCUT2D eigenvalue weighted by Crippen LogP contribution is 2.18. The number of rotatable bonds is 4. The Morgan fingerprint density at radius 3 is 2.73 bits per heavy atom. The van der Waals surface area contributed by atoms with Crippen LogP contribution in [0.2, 0.25) is 0 Å². The number of hydrogen-bond acceptors (Lipinski definition) is 5. The van der Waals surface area contributed by atoms with Gasteiger partial charge in [0.1, 0.15) is 10.5 Å². The molecule has 8 heteroatoms. The first-order chi connectivity index (χ1) is 10.2. The van der Waals surface area contributed by atoms with Crippen molar-refractivity contribution < 1.29 is 19.4 Å². The standard InChI is InChI=1S/C14H17N3O4S/c1-14(2,3)21-13(20)16-9-6-15-17(7-9)8-10-4-5-11(22-10)12(18)19/h4-7H,8H2,1-3H3,(H,16,20)(H,18,19). The Balaban J connectivity index is 1.96. The predicted molar refractivity (Wildman–Crippen MR) is 82.5 cm³/mol. The molecule has 0 atom stereocenters. The maximum atomic E-state index is 11.6. The van der Waals surface area contributed by atoms with E-state index in [1.807, 2.05) is 0 Å². The average Bonchev–Trinajstić information content (AvgIpc) is 2.97.